The van der Waals surface area contributed by atoms with Crippen molar-refractivity contribution in [3.63, 3.8) is 0 Å². The van der Waals surface area contributed by atoms with Gasteiger partial charge in [-0.05, 0) is 85.2 Å². The van der Waals surface area contributed by atoms with Gasteiger partial charge < -0.3 is 15.3 Å². The molecule has 0 saturated carbocycles. The second-order valence-corrected chi connectivity index (χ2v) is 14.5. The summed E-state index contributed by atoms with van der Waals surface area (Å²) >= 11 is 0. The molecule has 2 N–H and O–H groups in total. The van der Waals surface area contributed by atoms with E-state index in [0.717, 1.165) is 51.1 Å². The number of carbonyl (C=O) groups is 1. The number of fused-ring (bicyclic) bond motifs is 1. The van der Waals surface area contributed by atoms with Crippen molar-refractivity contribution in [2.75, 3.05) is 16.8 Å². The number of carbonyl (C=O) groups excluding carboxylic acids is 1. The Morgan fingerprint density at radius 1 is 0.824 bits per heavy atom. The molecule has 1 aliphatic heterocycles. The van der Waals surface area contributed by atoms with Crippen molar-refractivity contribution < 1.29 is 28.0 Å². The molecule has 0 aliphatic carbocycles. The molecular formula is C42H45N2O6P. The Morgan fingerprint density at radius 3 is 2.10 bits per heavy atom. The Hall–Kier alpha value is -4.56. The molecule has 8 nitrogen and oxygen atoms in total. The average Bonchev–Trinajstić information content (AvgIpc) is 3.32. The van der Waals surface area contributed by atoms with Crippen LogP contribution in [0.5, 0.6) is 0 Å². The van der Waals surface area contributed by atoms with Crippen LogP contribution in [0.25, 0.3) is 0 Å². The molecule has 0 radical (unpaired) electrons. The lowest BCUT2D eigenvalue weighted by atomic mass is 10.00. The highest BCUT2D eigenvalue weighted by molar-refractivity contribution is 7.48. The van der Waals surface area contributed by atoms with Crippen LogP contribution in [0.3, 0.4) is 0 Å². The standard InChI is InChI=1S/C42H45N2O6P/c1-4-32-21-24-39-38(27-32)40(50-51(47,48-28-33-15-7-5-8-16-33)49-29-34-17-9-6-10-18-34)20-13-25-44(39)42(46)37-23-22-35(26-31(37)3)43-41(45)36-19-12-11-14-30(36)2/h5-12,14-19,21-24,26-27,40,42,46H,4,13,20,25,28-29H2,1-3H3,(H,43,45). The van der Waals surface area contributed by atoms with E-state index in [-0.39, 0.29) is 19.1 Å². The Balaban J connectivity index is 1.26. The van der Waals surface area contributed by atoms with Gasteiger partial charge in [0.15, 0.2) is 6.23 Å². The SMILES string of the molecule is CCc1ccc2c(c1)C(OP(=O)(OCc1ccccc1)OCc1ccccc1)CCCN2C(O)c1ccc(NC(=O)c2ccccc2C)cc1C. The van der Waals surface area contributed by atoms with Gasteiger partial charge in [-0.3, -0.25) is 18.4 Å². The van der Waals surface area contributed by atoms with E-state index in [1.165, 1.54) is 0 Å². The lowest BCUT2D eigenvalue weighted by Crippen LogP contribution is -2.30. The van der Waals surface area contributed by atoms with Crippen LogP contribution in [0.4, 0.5) is 11.4 Å². The molecule has 0 saturated heterocycles. The quantitative estimate of drug-likeness (QED) is 0.118. The number of aliphatic hydroxyl groups is 1. The first-order valence-electron chi connectivity index (χ1n) is 17.4. The van der Waals surface area contributed by atoms with E-state index in [1.54, 1.807) is 6.07 Å². The first-order valence-corrected chi connectivity index (χ1v) is 18.9. The van der Waals surface area contributed by atoms with Gasteiger partial charge in [0.2, 0.25) is 0 Å². The molecule has 9 heteroatoms. The second kappa shape index (κ2) is 16.6. The fourth-order valence-corrected chi connectivity index (χ4v) is 7.72. The molecule has 6 rings (SSSR count). The van der Waals surface area contributed by atoms with Crippen molar-refractivity contribution in [3.05, 3.63) is 166 Å². The Kier molecular flexibility index (Phi) is 11.8. The van der Waals surface area contributed by atoms with Crippen molar-refractivity contribution in [3.8, 4) is 0 Å². The Morgan fingerprint density at radius 2 is 1.47 bits per heavy atom. The van der Waals surface area contributed by atoms with Gasteiger partial charge in [-0.15, -0.1) is 0 Å². The van der Waals surface area contributed by atoms with Crippen LogP contribution >= 0.6 is 7.82 Å². The van der Waals surface area contributed by atoms with Gasteiger partial charge >= 0.3 is 7.82 Å². The minimum absolute atomic E-state index is 0.0625. The highest BCUT2D eigenvalue weighted by atomic mass is 31.2. The number of rotatable bonds is 13. The van der Waals surface area contributed by atoms with Crippen LogP contribution in [0, 0.1) is 13.8 Å². The molecule has 0 aromatic heterocycles. The number of aryl methyl sites for hydroxylation is 3. The summed E-state index contributed by atoms with van der Waals surface area (Å²) in [5, 5.41) is 14.9. The Labute approximate surface area is 300 Å². The summed E-state index contributed by atoms with van der Waals surface area (Å²) in [6.45, 7) is 6.58. The topological polar surface area (TPSA) is 97.3 Å². The monoisotopic (exact) mass is 704 g/mol. The zero-order valence-corrected chi connectivity index (χ0v) is 30.2. The van der Waals surface area contributed by atoms with E-state index in [2.05, 4.69) is 24.4 Å². The molecule has 0 spiro atoms. The predicted molar refractivity (Wildman–Crippen MR) is 202 cm³/mol. The minimum atomic E-state index is -4.08. The number of hydrogen-bond donors (Lipinski definition) is 2. The zero-order chi connectivity index (χ0) is 35.8. The molecule has 2 atom stereocenters. The number of hydrogen-bond acceptors (Lipinski definition) is 7. The normalized spacial score (nSPS) is 15.1. The van der Waals surface area contributed by atoms with E-state index in [9.17, 15) is 14.5 Å². The maximum atomic E-state index is 14.4. The first-order chi connectivity index (χ1) is 24.7. The fraction of sp³-hybridized carbons (Fsp3) is 0.262. The number of phosphoric ester groups is 1. The van der Waals surface area contributed by atoms with Gasteiger partial charge in [0.25, 0.3) is 5.91 Å². The molecule has 264 valence electrons. The van der Waals surface area contributed by atoms with Crippen molar-refractivity contribution >= 4 is 25.1 Å². The maximum absolute atomic E-state index is 14.4. The van der Waals surface area contributed by atoms with Crippen LogP contribution in [-0.4, -0.2) is 17.6 Å². The van der Waals surface area contributed by atoms with E-state index in [0.29, 0.717) is 30.6 Å². The molecule has 1 heterocycles. The zero-order valence-electron chi connectivity index (χ0n) is 29.3. The van der Waals surface area contributed by atoms with Crippen molar-refractivity contribution in [2.24, 2.45) is 0 Å². The van der Waals surface area contributed by atoms with Gasteiger partial charge in [-0.1, -0.05) is 104 Å². The highest BCUT2D eigenvalue weighted by Gasteiger charge is 2.36. The summed E-state index contributed by atoms with van der Waals surface area (Å²) < 4.78 is 32.9. The first kappa shape index (κ1) is 36.2. The largest absolute Gasteiger partial charge is 0.476 e. The third-order valence-corrected chi connectivity index (χ3v) is 10.6. The molecule has 2 unspecified atom stereocenters. The lowest BCUT2D eigenvalue weighted by molar-refractivity contribution is 0.0664. The fourth-order valence-electron chi connectivity index (χ4n) is 6.38. The summed E-state index contributed by atoms with van der Waals surface area (Å²) in [5.74, 6) is -0.183. The average molecular weight is 705 g/mol. The maximum Gasteiger partial charge on any atom is 0.476 e. The minimum Gasteiger partial charge on any atom is -0.369 e. The number of phosphoric acid groups is 1. The van der Waals surface area contributed by atoms with Gasteiger partial charge in [-0.2, -0.15) is 0 Å². The molecule has 51 heavy (non-hydrogen) atoms. The summed E-state index contributed by atoms with van der Waals surface area (Å²) in [6, 6.07) is 38.2. The van der Waals surface area contributed by atoms with Gasteiger partial charge in [0.1, 0.15) is 0 Å². The highest BCUT2D eigenvalue weighted by Crippen LogP contribution is 2.56. The number of nitrogens with zero attached hydrogens (tertiary/aromatic N) is 1. The van der Waals surface area contributed by atoms with Crippen LogP contribution in [0.15, 0.2) is 121 Å². The molecule has 5 aromatic rings. The van der Waals surface area contributed by atoms with E-state index in [1.807, 2.05) is 122 Å². The Bertz CT molecular complexity index is 1940. The van der Waals surface area contributed by atoms with E-state index < -0.39 is 20.2 Å². The summed E-state index contributed by atoms with van der Waals surface area (Å²) in [4.78, 5) is 14.9. The van der Waals surface area contributed by atoms with E-state index in [4.69, 9.17) is 13.6 Å². The van der Waals surface area contributed by atoms with Crippen LogP contribution in [-0.2, 0) is 37.8 Å². The molecule has 1 amide bonds. The van der Waals surface area contributed by atoms with Crippen LogP contribution in [0.2, 0.25) is 0 Å². The molecule has 0 fully saturated rings. The third-order valence-electron chi connectivity index (χ3n) is 9.23. The smallest absolute Gasteiger partial charge is 0.369 e. The number of amides is 1. The number of anilines is 2. The van der Waals surface area contributed by atoms with Gasteiger partial charge in [-0.25, -0.2) is 4.57 Å². The predicted octanol–water partition coefficient (Wildman–Crippen LogP) is 10.0. The molecule has 0 bridgehead atoms. The molecular weight excluding hydrogens is 659 g/mol. The van der Waals surface area contributed by atoms with Crippen molar-refractivity contribution in [1.29, 1.82) is 0 Å². The number of nitrogens with one attached hydrogen (secondary N) is 1. The van der Waals surface area contributed by atoms with Crippen LogP contribution in [0.1, 0.15) is 81.4 Å². The van der Waals surface area contributed by atoms with Gasteiger partial charge in [0, 0.05) is 34.6 Å². The summed E-state index contributed by atoms with van der Waals surface area (Å²) in [5.41, 5.74) is 8.12. The van der Waals surface area contributed by atoms with Gasteiger partial charge in [0.05, 0.1) is 19.3 Å². The summed E-state index contributed by atoms with van der Waals surface area (Å²) in [7, 11) is -4.08. The number of aliphatic hydroxyl groups excluding tert-OH is 1. The third kappa shape index (κ3) is 9.03. The van der Waals surface area contributed by atoms with Crippen molar-refractivity contribution in [2.45, 2.75) is 65.6 Å². The van der Waals surface area contributed by atoms with E-state index >= 15 is 0 Å². The second-order valence-electron chi connectivity index (χ2n) is 12.9. The molecule has 5 aromatic carbocycles. The van der Waals surface area contributed by atoms with Crippen LogP contribution < -0.4 is 10.2 Å². The number of benzene rings is 5. The molecule has 1 aliphatic rings. The summed E-state index contributed by atoms with van der Waals surface area (Å²) in [6.07, 6.45) is 0.399. The lowest BCUT2D eigenvalue weighted by Gasteiger charge is -2.32. The van der Waals surface area contributed by atoms with Crippen molar-refractivity contribution in [1.82, 2.24) is 0 Å².